The maximum Gasteiger partial charge on any atom is 0.307 e. The highest BCUT2D eigenvalue weighted by molar-refractivity contribution is 7.09. The second-order valence-corrected chi connectivity index (χ2v) is 16.7. The average Bonchev–Trinajstić information content (AvgIpc) is 3.67. The van der Waals surface area contributed by atoms with E-state index in [1.54, 1.807) is 19.1 Å². The van der Waals surface area contributed by atoms with Crippen molar-refractivity contribution >= 4 is 47.0 Å². The third-order valence-electron chi connectivity index (χ3n) is 10.7. The number of piperidine rings is 1. The van der Waals surface area contributed by atoms with Crippen LogP contribution in [0.2, 0.25) is 0 Å². The van der Waals surface area contributed by atoms with Gasteiger partial charge in [-0.15, -0.1) is 11.3 Å². The molecule has 1 unspecified atom stereocenters. The molecule has 1 fully saturated rings. The number of benzene rings is 1. The van der Waals surface area contributed by atoms with Crippen LogP contribution in [-0.4, -0.2) is 105 Å². The number of rotatable bonds is 22. The van der Waals surface area contributed by atoms with Gasteiger partial charge in [0.05, 0.1) is 12.0 Å². The number of aliphatic carboxylic acids is 1. The fraction of sp³-hybridized carbons (Fsp3) is 0.643. The first-order valence-corrected chi connectivity index (χ1v) is 21.2. The van der Waals surface area contributed by atoms with Crippen LogP contribution in [0.15, 0.2) is 29.6 Å². The minimum absolute atomic E-state index is 0.0330. The summed E-state index contributed by atoms with van der Waals surface area (Å²) in [5.41, 5.74) is 0.816. The lowest BCUT2D eigenvalue weighted by Gasteiger charge is -2.39. The summed E-state index contributed by atoms with van der Waals surface area (Å²) in [6.07, 6.45) is 3.31. The predicted octanol–water partition coefficient (Wildman–Crippen LogP) is 5.46. The van der Waals surface area contributed by atoms with E-state index >= 15 is 0 Å². The van der Waals surface area contributed by atoms with Gasteiger partial charge < -0.3 is 35.2 Å². The van der Waals surface area contributed by atoms with Crippen LogP contribution in [-0.2, 0) is 39.9 Å². The number of phenolic OH excluding ortho intramolecular Hbond substituents is 1. The molecule has 1 aromatic carbocycles. The minimum Gasteiger partial charge on any atom is -0.508 e. The molecule has 7 atom stereocenters. The zero-order valence-electron chi connectivity index (χ0n) is 35.2. The third kappa shape index (κ3) is 14.4. The average molecular weight is 830 g/mol. The van der Waals surface area contributed by atoms with Crippen molar-refractivity contribution in [2.45, 2.75) is 137 Å². The molecule has 16 heteroatoms. The van der Waals surface area contributed by atoms with Gasteiger partial charge in [-0.25, -0.2) is 4.98 Å². The third-order valence-corrected chi connectivity index (χ3v) is 11.7. The van der Waals surface area contributed by atoms with Gasteiger partial charge in [-0.3, -0.25) is 33.7 Å². The molecule has 15 nitrogen and oxygen atoms in total. The van der Waals surface area contributed by atoms with Crippen LogP contribution < -0.4 is 10.6 Å². The fourth-order valence-corrected chi connectivity index (χ4v) is 7.91. The van der Waals surface area contributed by atoms with Gasteiger partial charge in [-0.1, -0.05) is 66.5 Å². The number of nitrogens with zero attached hydrogens (tertiary/aromatic N) is 3. The largest absolute Gasteiger partial charge is 0.508 e. The first-order valence-electron chi connectivity index (χ1n) is 20.4. The van der Waals surface area contributed by atoms with Crippen LogP contribution in [0.1, 0.15) is 127 Å². The zero-order valence-corrected chi connectivity index (χ0v) is 36.0. The number of amides is 3. The smallest absolute Gasteiger partial charge is 0.307 e. The Morgan fingerprint density at radius 1 is 1.02 bits per heavy atom. The highest BCUT2D eigenvalue weighted by Gasteiger charge is 2.39. The number of hydrogen-bond acceptors (Lipinski definition) is 12. The monoisotopic (exact) mass is 829 g/mol. The summed E-state index contributed by atoms with van der Waals surface area (Å²) in [6.45, 7) is 12.7. The summed E-state index contributed by atoms with van der Waals surface area (Å²) >= 11 is 1.10. The highest BCUT2D eigenvalue weighted by atomic mass is 32.1. The van der Waals surface area contributed by atoms with Crippen LogP contribution >= 0.6 is 11.3 Å². The summed E-state index contributed by atoms with van der Waals surface area (Å²) in [5.74, 6) is -4.54. The molecule has 2 aromatic rings. The van der Waals surface area contributed by atoms with Crippen LogP contribution in [0.5, 0.6) is 5.75 Å². The second-order valence-electron chi connectivity index (χ2n) is 15.8. The number of carbonyl (C=O) groups excluding carboxylic acids is 5. The molecule has 3 amide bonds. The van der Waals surface area contributed by atoms with Crippen LogP contribution in [0.4, 0.5) is 0 Å². The zero-order chi connectivity index (χ0) is 43.1. The predicted molar refractivity (Wildman–Crippen MR) is 219 cm³/mol. The summed E-state index contributed by atoms with van der Waals surface area (Å²) < 4.78 is 11.5. The Labute approximate surface area is 346 Å². The number of aromatic nitrogens is 1. The number of nitrogens with one attached hydrogen (secondary N) is 2. The second kappa shape index (κ2) is 23.1. The van der Waals surface area contributed by atoms with Crippen molar-refractivity contribution < 1.29 is 48.5 Å². The van der Waals surface area contributed by atoms with Crippen LogP contribution in [0.25, 0.3) is 0 Å². The van der Waals surface area contributed by atoms with Gasteiger partial charge in [0.15, 0.2) is 12.8 Å². The number of carboxylic acid groups (broad SMARTS) is 1. The normalized spacial score (nSPS) is 17.6. The number of likely N-dealkylation sites (N-methyl/N-ethyl adjacent to an activating group) is 1. The molecule has 4 N–H and O–H groups in total. The molecule has 0 bridgehead atoms. The van der Waals surface area contributed by atoms with E-state index in [4.69, 9.17) is 9.47 Å². The first-order chi connectivity index (χ1) is 27.4. The van der Waals surface area contributed by atoms with Crippen molar-refractivity contribution in [1.29, 1.82) is 0 Å². The minimum atomic E-state index is -1.01. The quantitative estimate of drug-likeness (QED) is 0.0863. The summed E-state index contributed by atoms with van der Waals surface area (Å²) in [4.78, 5) is 87.0. The molecule has 1 aliphatic rings. The number of esters is 2. The number of hydrogen-bond donors (Lipinski definition) is 4. The van der Waals surface area contributed by atoms with E-state index in [1.807, 2.05) is 46.6 Å². The molecule has 0 saturated carbocycles. The lowest BCUT2D eigenvalue weighted by atomic mass is 9.92. The molecular weight excluding hydrogens is 767 g/mol. The van der Waals surface area contributed by atoms with E-state index in [2.05, 4.69) is 15.6 Å². The number of likely N-dealkylation sites (tertiary alicyclic amines) is 1. The lowest BCUT2D eigenvalue weighted by Crippen LogP contribution is -2.59. The molecule has 322 valence electrons. The Balaban J connectivity index is 1.95. The van der Waals surface area contributed by atoms with E-state index in [9.17, 15) is 39.0 Å². The standard InChI is InChI=1S/C42H63N5O10S/c1-9-13-36(50)56-24-47(41(53)37(26(5)10-2)45-39(52)33-14-11-12-19-46(33)8)34(25(3)4)22-35(57-28(7)48)40-44-32(23-58-40)38(51)43-30(20-27(6)42(54)55)21-29-15-17-31(49)18-16-29/h15-18,23,25-27,30,33-35,37,49H,9-14,19-22,24H2,1-8H3,(H,43,51)(H,45,52)(H,54,55)/t26-,27-,30+,33+,34?,35+,37-/m0/s1. The Morgan fingerprint density at radius 2 is 1.71 bits per heavy atom. The fourth-order valence-electron chi connectivity index (χ4n) is 7.07. The number of carbonyl (C=O) groups is 6. The molecule has 0 spiro atoms. The van der Waals surface area contributed by atoms with Crippen molar-refractivity contribution in [3.63, 3.8) is 0 Å². The van der Waals surface area contributed by atoms with Crippen molar-refractivity contribution in [2.75, 3.05) is 20.3 Å². The summed E-state index contributed by atoms with van der Waals surface area (Å²) in [5, 5.41) is 27.1. The molecule has 1 aliphatic heterocycles. The van der Waals surface area contributed by atoms with Gasteiger partial charge in [-0.05, 0) is 75.2 Å². The first kappa shape index (κ1) is 47.8. The van der Waals surface area contributed by atoms with Crippen LogP contribution in [0.3, 0.4) is 0 Å². The number of carboxylic acids is 1. The van der Waals surface area contributed by atoms with E-state index in [1.165, 1.54) is 29.3 Å². The molecule has 1 aromatic heterocycles. The number of thiazole rings is 1. The van der Waals surface area contributed by atoms with Gasteiger partial charge in [0, 0.05) is 37.2 Å². The number of aromatic hydroxyl groups is 1. The maximum absolute atomic E-state index is 14.7. The van der Waals surface area contributed by atoms with Crippen molar-refractivity contribution in [1.82, 2.24) is 25.4 Å². The Bertz CT molecular complexity index is 1680. The van der Waals surface area contributed by atoms with Gasteiger partial charge in [0.1, 0.15) is 22.5 Å². The topological polar surface area (TPSA) is 205 Å². The molecule has 2 heterocycles. The van der Waals surface area contributed by atoms with E-state index < -0.39 is 59.9 Å². The molecule has 58 heavy (non-hydrogen) atoms. The highest BCUT2D eigenvalue weighted by Crippen LogP contribution is 2.32. The van der Waals surface area contributed by atoms with Crippen LogP contribution in [0, 0.1) is 17.8 Å². The summed E-state index contributed by atoms with van der Waals surface area (Å²) in [6, 6.07) is 3.85. The van der Waals surface area contributed by atoms with Crippen molar-refractivity contribution in [3.8, 4) is 5.75 Å². The van der Waals surface area contributed by atoms with Gasteiger partial charge in [0.2, 0.25) is 11.8 Å². The van der Waals surface area contributed by atoms with Crippen molar-refractivity contribution in [3.05, 3.63) is 45.9 Å². The Kier molecular flexibility index (Phi) is 19.1. The molecule has 0 aliphatic carbocycles. The van der Waals surface area contributed by atoms with Gasteiger partial charge in [0.25, 0.3) is 5.91 Å². The van der Waals surface area contributed by atoms with Crippen molar-refractivity contribution in [2.24, 2.45) is 17.8 Å². The van der Waals surface area contributed by atoms with Gasteiger partial charge >= 0.3 is 17.9 Å². The van der Waals surface area contributed by atoms with Gasteiger partial charge in [-0.2, -0.15) is 0 Å². The number of ether oxygens (including phenoxy) is 2. The number of phenols is 1. The Hall–Kier alpha value is -4.57. The SMILES string of the molecule is CCCC(=O)OCN(C(=O)[C@@H](NC(=O)[C@H]1CCCCN1C)[C@@H](C)CC)C(C[C@@H](OC(C)=O)c1nc(C(=O)N[C@@H](Cc2ccc(O)cc2)C[C@H](C)C(=O)O)cs1)C(C)C. The molecule has 0 radical (unpaired) electrons. The lowest BCUT2D eigenvalue weighted by molar-refractivity contribution is -0.160. The van der Waals surface area contributed by atoms with E-state index in [0.29, 0.717) is 30.7 Å². The maximum atomic E-state index is 14.7. The summed E-state index contributed by atoms with van der Waals surface area (Å²) in [7, 11) is 1.90. The van der Waals surface area contributed by atoms with E-state index in [-0.39, 0.29) is 61.2 Å². The Morgan fingerprint density at radius 3 is 2.29 bits per heavy atom. The molecule has 3 rings (SSSR count). The van der Waals surface area contributed by atoms with E-state index in [0.717, 1.165) is 36.3 Å². The molecular formula is C42H63N5O10S. The molecule has 1 saturated heterocycles.